The Balaban J connectivity index is 1.62. The van der Waals surface area contributed by atoms with Crippen molar-refractivity contribution in [3.63, 3.8) is 0 Å². The van der Waals surface area contributed by atoms with Crippen LogP contribution in [0.2, 0.25) is 0 Å². The Hall–Kier alpha value is -2.80. The van der Waals surface area contributed by atoms with E-state index in [0.717, 1.165) is 21.9 Å². The summed E-state index contributed by atoms with van der Waals surface area (Å²) in [6, 6.07) is 12.3. The number of hydrogen-bond donors (Lipinski definition) is 0. The molecule has 0 N–H and O–H groups in total. The monoisotopic (exact) mass is 354 g/mol. The van der Waals surface area contributed by atoms with Crippen molar-refractivity contribution in [2.24, 2.45) is 0 Å². The standard InChI is InChI=1S/C18H15FN4OS/c1-11-5-3-6-12(2)16(11)24-10-15-22-23-17(20-21-18(23)25-15)13-7-4-8-14(19)9-13/h3-9H,10H2,1-2H3. The SMILES string of the molecule is Cc1cccc(C)c1OCc1nn2c(-c3cccc(F)c3)nnc2s1. The molecule has 0 amide bonds. The van der Waals surface area contributed by atoms with Gasteiger partial charge in [-0.25, -0.2) is 4.39 Å². The zero-order valence-electron chi connectivity index (χ0n) is 13.7. The third-order valence-corrected chi connectivity index (χ3v) is 4.74. The third-order valence-electron chi connectivity index (χ3n) is 3.86. The zero-order valence-corrected chi connectivity index (χ0v) is 14.5. The minimum atomic E-state index is -0.317. The predicted octanol–water partition coefficient (Wildman–Crippen LogP) is 4.19. The predicted molar refractivity (Wildman–Crippen MR) is 94.3 cm³/mol. The first kappa shape index (κ1) is 15.7. The van der Waals surface area contributed by atoms with Gasteiger partial charge in [-0.2, -0.15) is 9.61 Å². The number of aryl methyl sites for hydroxylation is 2. The van der Waals surface area contributed by atoms with E-state index in [1.54, 1.807) is 16.6 Å². The van der Waals surface area contributed by atoms with Gasteiger partial charge in [-0.3, -0.25) is 0 Å². The van der Waals surface area contributed by atoms with Crippen LogP contribution in [-0.2, 0) is 6.61 Å². The third kappa shape index (κ3) is 2.98. The Morgan fingerprint density at radius 3 is 2.60 bits per heavy atom. The molecule has 0 spiro atoms. The topological polar surface area (TPSA) is 52.3 Å². The summed E-state index contributed by atoms with van der Waals surface area (Å²) in [6.07, 6.45) is 0. The lowest BCUT2D eigenvalue weighted by molar-refractivity contribution is 0.300. The summed E-state index contributed by atoms with van der Waals surface area (Å²) in [5.74, 6) is 1.07. The molecule has 126 valence electrons. The van der Waals surface area contributed by atoms with Crippen molar-refractivity contribution >= 4 is 16.3 Å². The van der Waals surface area contributed by atoms with Crippen LogP contribution >= 0.6 is 11.3 Å². The van der Waals surface area contributed by atoms with E-state index in [2.05, 4.69) is 15.3 Å². The van der Waals surface area contributed by atoms with Crippen LogP contribution in [0.15, 0.2) is 42.5 Å². The van der Waals surface area contributed by atoms with Crippen LogP contribution in [0.4, 0.5) is 4.39 Å². The number of benzene rings is 2. The van der Waals surface area contributed by atoms with Crippen LogP contribution in [0.1, 0.15) is 16.1 Å². The second kappa shape index (κ2) is 6.25. The van der Waals surface area contributed by atoms with Gasteiger partial charge in [0.15, 0.2) is 10.8 Å². The van der Waals surface area contributed by atoms with E-state index >= 15 is 0 Å². The van der Waals surface area contributed by atoms with Gasteiger partial charge in [0.1, 0.15) is 18.2 Å². The molecule has 4 aromatic rings. The summed E-state index contributed by atoms with van der Waals surface area (Å²) in [6.45, 7) is 4.38. The fourth-order valence-electron chi connectivity index (χ4n) is 2.68. The summed E-state index contributed by atoms with van der Waals surface area (Å²) in [5.41, 5.74) is 2.81. The molecule has 0 saturated heterocycles. The number of hydrogen-bond acceptors (Lipinski definition) is 5. The zero-order chi connectivity index (χ0) is 17.4. The highest BCUT2D eigenvalue weighted by atomic mass is 32.1. The van der Waals surface area contributed by atoms with Gasteiger partial charge in [-0.05, 0) is 37.1 Å². The number of para-hydroxylation sites is 1. The second-order valence-electron chi connectivity index (χ2n) is 5.73. The highest BCUT2D eigenvalue weighted by Crippen LogP contribution is 2.26. The smallest absolute Gasteiger partial charge is 0.235 e. The Kier molecular flexibility index (Phi) is 3.93. The first-order valence-electron chi connectivity index (χ1n) is 7.78. The van der Waals surface area contributed by atoms with Crippen molar-refractivity contribution in [1.29, 1.82) is 0 Å². The molecule has 0 aliphatic carbocycles. The molecule has 2 aromatic heterocycles. The molecule has 0 aliphatic rings. The van der Waals surface area contributed by atoms with Crippen LogP contribution in [-0.4, -0.2) is 19.8 Å². The molecule has 0 bridgehead atoms. The van der Waals surface area contributed by atoms with Gasteiger partial charge in [0, 0.05) is 5.56 Å². The fraction of sp³-hybridized carbons (Fsp3) is 0.167. The van der Waals surface area contributed by atoms with Gasteiger partial charge in [-0.15, -0.1) is 10.2 Å². The Morgan fingerprint density at radius 1 is 1.08 bits per heavy atom. The summed E-state index contributed by atoms with van der Waals surface area (Å²) in [5, 5.41) is 13.5. The van der Waals surface area contributed by atoms with E-state index in [4.69, 9.17) is 4.74 Å². The molecule has 2 heterocycles. The maximum absolute atomic E-state index is 13.5. The Bertz CT molecular complexity index is 1040. The van der Waals surface area contributed by atoms with Crippen LogP contribution in [0.5, 0.6) is 5.75 Å². The summed E-state index contributed by atoms with van der Waals surface area (Å²) in [7, 11) is 0. The quantitative estimate of drug-likeness (QED) is 0.551. The molecule has 5 nitrogen and oxygen atoms in total. The van der Waals surface area contributed by atoms with Gasteiger partial charge in [0.2, 0.25) is 4.96 Å². The number of nitrogens with zero attached hydrogens (tertiary/aromatic N) is 4. The molecule has 0 unspecified atom stereocenters. The average molecular weight is 354 g/mol. The molecule has 4 rings (SSSR count). The number of rotatable bonds is 4. The second-order valence-corrected chi connectivity index (χ2v) is 6.77. The van der Waals surface area contributed by atoms with E-state index in [1.165, 1.54) is 23.5 Å². The normalized spacial score (nSPS) is 11.2. The molecule has 0 fully saturated rings. The summed E-state index contributed by atoms with van der Waals surface area (Å²) in [4.78, 5) is 0.652. The molecular formula is C18H15FN4OS. The maximum atomic E-state index is 13.5. The fourth-order valence-corrected chi connectivity index (χ4v) is 3.43. The average Bonchev–Trinajstić information content (AvgIpc) is 3.14. The molecular weight excluding hydrogens is 339 g/mol. The van der Waals surface area contributed by atoms with E-state index in [0.29, 0.717) is 23.0 Å². The number of aromatic nitrogens is 4. The molecule has 0 aliphatic heterocycles. The van der Waals surface area contributed by atoms with Crippen LogP contribution < -0.4 is 4.74 Å². The lowest BCUT2D eigenvalue weighted by atomic mass is 10.1. The highest BCUT2D eigenvalue weighted by Gasteiger charge is 2.14. The lowest BCUT2D eigenvalue weighted by Gasteiger charge is -2.10. The lowest BCUT2D eigenvalue weighted by Crippen LogP contribution is -2.00. The van der Waals surface area contributed by atoms with Crippen molar-refractivity contribution in [3.8, 4) is 17.1 Å². The molecule has 0 radical (unpaired) electrons. The van der Waals surface area contributed by atoms with Crippen LogP contribution in [0.3, 0.4) is 0 Å². The molecule has 0 saturated carbocycles. The van der Waals surface area contributed by atoms with Gasteiger partial charge in [0.25, 0.3) is 0 Å². The van der Waals surface area contributed by atoms with E-state index in [-0.39, 0.29) is 5.82 Å². The van der Waals surface area contributed by atoms with Crippen LogP contribution in [0.25, 0.3) is 16.3 Å². The largest absolute Gasteiger partial charge is 0.486 e. The summed E-state index contributed by atoms with van der Waals surface area (Å²) < 4.78 is 21.0. The number of halogens is 1. The molecule has 25 heavy (non-hydrogen) atoms. The van der Waals surface area contributed by atoms with Crippen molar-refractivity contribution in [2.45, 2.75) is 20.5 Å². The highest BCUT2D eigenvalue weighted by molar-refractivity contribution is 7.16. The maximum Gasteiger partial charge on any atom is 0.235 e. The van der Waals surface area contributed by atoms with Gasteiger partial charge >= 0.3 is 0 Å². The first-order chi connectivity index (χ1) is 12.1. The van der Waals surface area contributed by atoms with E-state index in [1.807, 2.05) is 32.0 Å². The molecule has 7 heteroatoms. The van der Waals surface area contributed by atoms with Crippen molar-refractivity contribution in [3.05, 3.63) is 64.4 Å². The van der Waals surface area contributed by atoms with E-state index in [9.17, 15) is 4.39 Å². The van der Waals surface area contributed by atoms with Gasteiger partial charge in [0.05, 0.1) is 0 Å². The Morgan fingerprint density at radius 2 is 1.84 bits per heavy atom. The summed E-state index contributed by atoms with van der Waals surface area (Å²) >= 11 is 1.41. The van der Waals surface area contributed by atoms with Crippen molar-refractivity contribution in [1.82, 2.24) is 19.8 Å². The van der Waals surface area contributed by atoms with Crippen LogP contribution in [0, 0.1) is 19.7 Å². The number of fused-ring (bicyclic) bond motifs is 1. The first-order valence-corrected chi connectivity index (χ1v) is 8.59. The van der Waals surface area contributed by atoms with Crippen molar-refractivity contribution < 1.29 is 9.13 Å². The molecule has 0 atom stereocenters. The van der Waals surface area contributed by atoms with Gasteiger partial charge in [-0.1, -0.05) is 41.7 Å². The minimum Gasteiger partial charge on any atom is -0.486 e. The number of ether oxygens (including phenoxy) is 1. The van der Waals surface area contributed by atoms with Crippen molar-refractivity contribution in [2.75, 3.05) is 0 Å². The van der Waals surface area contributed by atoms with Gasteiger partial charge < -0.3 is 4.74 Å². The van der Waals surface area contributed by atoms with E-state index < -0.39 is 0 Å². The minimum absolute atomic E-state index is 0.317. The molecule has 2 aromatic carbocycles. The Labute approximate surface area is 147 Å².